The van der Waals surface area contributed by atoms with Crippen LogP contribution < -0.4 is 5.73 Å². The molecule has 74 valence electrons. The van der Waals surface area contributed by atoms with Crippen molar-refractivity contribution in [2.75, 3.05) is 45.8 Å². The lowest BCUT2D eigenvalue weighted by Crippen LogP contribution is -2.47. The Bertz CT molecular complexity index is 165. The van der Waals surface area contributed by atoms with Crippen LogP contribution in [0.2, 0.25) is 0 Å². The van der Waals surface area contributed by atoms with Gasteiger partial charge < -0.3 is 5.73 Å². The summed E-state index contributed by atoms with van der Waals surface area (Å²) in [6, 6.07) is 0. The second kappa shape index (κ2) is 5.98. The van der Waals surface area contributed by atoms with E-state index in [2.05, 4.69) is 15.7 Å². The van der Waals surface area contributed by atoms with E-state index in [1.807, 2.05) is 0 Å². The van der Waals surface area contributed by atoms with E-state index in [-0.39, 0.29) is 0 Å². The summed E-state index contributed by atoms with van der Waals surface area (Å²) in [6.07, 6.45) is 6.09. The van der Waals surface area contributed by atoms with Gasteiger partial charge in [-0.25, -0.2) is 0 Å². The Kier molecular flexibility index (Phi) is 4.84. The fourth-order valence-electron chi connectivity index (χ4n) is 1.64. The molecule has 0 bridgehead atoms. The molecule has 0 spiro atoms. The van der Waals surface area contributed by atoms with E-state index >= 15 is 0 Å². The summed E-state index contributed by atoms with van der Waals surface area (Å²) in [5.74, 6) is 2.68. The lowest BCUT2D eigenvalue weighted by molar-refractivity contribution is 0.137. The molecule has 0 atom stereocenters. The molecule has 0 saturated carbocycles. The summed E-state index contributed by atoms with van der Waals surface area (Å²) in [4.78, 5) is 4.83. The van der Waals surface area contributed by atoms with Gasteiger partial charge in [0, 0.05) is 52.2 Å². The van der Waals surface area contributed by atoms with Gasteiger partial charge in [-0.1, -0.05) is 0 Å². The van der Waals surface area contributed by atoms with Gasteiger partial charge in [0.05, 0.1) is 0 Å². The Morgan fingerprint density at radius 3 is 2.08 bits per heavy atom. The van der Waals surface area contributed by atoms with Crippen molar-refractivity contribution in [2.45, 2.75) is 6.42 Å². The van der Waals surface area contributed by atoms with E-state index in [1.165, 1.54) is 0 Å². The zero-order chi connectivity index (χ0) is 9.52. The number of nitrogens with zero attached hydrogens (tertiary/aromatic N) is 2. The Hall–Kier alpha value is -0.560. The number of piperazine rings is 1. The monoisotopic (exact) mass is 181 g/mol. The summed E-state index contributed by atoms with van der Waals surface area (Å²) >= 11 is 0. The minimum atomic E-state index is 0.768. The maximum absolute atomic E-state index is 5.49. The first-order chi connectivity index (χ1) is 6.36. The molecule has 1 aliphatic heterocycles. The third kappa shape index (κ3) is 3.77. The van der Waals surface area contributed by atoms with Crippen LogP contribution in [0.1, 0.15) is 6.42 Å². The highest BCUT2D eigenvalue weighted by atomic mass is 15.3. The molecule has 1 fully saturated rings. The first kappa shape index (κ1) is 10.5. The van der Waals surface area contributed by atoms with Gasteiger partial charge in [0.25, 0.3) is 0 Å². The van der Waals surface area contributed by atoms with Crippen LogP contribution in [0.4, 0.5) is 0 Å². The van der Waals surface area contributed by atoms with Crippen molar-refractivity contribution >= 4 is 0 Å². The van der Waals surface area contributed by atoms with Gasteiger partial charge in [0.1, 0.15) is 0 Å². The fourth-order valence-corrected chi connectivity index (χ4v) is 1.64. The first-order valence-corrected chi connectivity index (χ1v) is 4.95. The van der Waals surface area contributed by atoms with E-state index in [0.717, 1.165) is 52.2 Å². The number of terminal acetylenes is 1. The van der Waals surface area contributed by atoms with Crippen LogP contribution in [0.25, 0.3) is 0 Å². The van der Waals surface area contributed by atoms with E-state index in [0.29, 0.717) is 0 Å². The maximum atomic E-state index is 5.49. The zero-order valence-electron chi connectivity index (χ0n) is 8.21. The van der Waals surface area contributed by atoms with E-state index in [9.17, 15) is 0 Å². The lowest BCUT2D eigenvalue weighted by Gasteiger charge is -2.34. The molecule has 3 nitrogen and oxygen atoms in total. The summed E-state index contributed by atoms with van der Waals surface area (Å²) in [5.41, 5.74) is 5.49. The van der Waals surface area contributed by atoms with Crippen LogP contribution >= 0.6 is 0 Å². The van der Waals surface area contributed by atoms with Gasteiger partial charge in [-0.3, -0.25) is 9.80 Å². The van der Waals surface area contributed by atoms with Crippen molar-refractivity contribution in [3.8, 4) is 12.3 Å². The molecule has 0 amide bonds. The molecule has 1 aliphatic rings. The summed E-state index contributed by atoms with van der Waals surface area (Å²) in [6.45, 7) is 7.41. The van der Waals surface area contributed by atoms with E-state index in [4.69, 9.17) is 12.2 Å². The smallest absolute Gasteiger partial charge is 0.0214 e. The average molecular weight is 181 g/mol. The molecular weight excluding hydrogens is 162 g/mol. The number of nitrogens with two attached hydrogens (primary N) is 1. The maximum Gasteiger partial charge on any atom is 0.0214 e. The molecule has 3 heteroatoms. The minimum absolute atomic E-state index is 0.768. The minimum Gasteiger partial charge on any atom is -0.329 e. The Labute approximate surface area is 80.9 Å². The van der Waals surface area contributed by atoms with Crippen molar-refractivity contribution in [1.29, 1.82) is 0 Å². The van der Waals surface area contributed by atoms with E-state index < -0.39 is 0 Å². The highest BCUT2D eigenvalue weighted by Gasteiger charge is 2.14. The SMILES string of the molecule is C#CCCN1CCN(CCN)CC1. The van der Waals surface area contributed by atoms with E-state index in [1.54, 1.807) is 0 Å². The van der Waals surface area contributed by atoms with Crippen LogP contribution in [-0.2, 0) is 0 Å². The molecule has 13 heavy (non-hydrogen) atoms. The topological polar surface area (TPSA) is 32.5 Å². The quantitative estimate of drug-likeness (QED) is 0.598. The van der Waals surface area contributed by atoms with Crippen molar-refractivity contribution in [1.82, 2.24) is 9.80 Å². The summed E-state index contributed by atoms with van der Waals surface area (Å²) < 4.78 is 0. The molecule has 0 radical (unpaired) electrons. The molecule has 0 aromatic rings. The summed E-state index contributed by atoms with van der Waals surface area (Å²) in [7, 11) is 0. The molecule has 0 unspecified atom stereocenters. The first-order valence-electron chi connectivity index (χ1n) is 4.95. The van der Waals surface area contributed by atoms with Gasteiger partial charge in [0.15, 0.2) is 0 Å². The average Bonchev–Trinajstić information content (AvgIpc) is 2.17. The number of hydrogen-bond acceptors (Lipinski definition) is 3. The predicted octanol–water partition coefficient (Wildman–Crippen LogP) is -0.414. The summed E-state index contributed by atoms with van der Waals surface area (Å²) in [5, 5.41) is 0. The van der Waals surface area contributed by atoms with Gasteiger partial charge in [-0.2, -0.15) is 0 Å². The molecule has 0 aromatic heterocycles. The second-order valence-corrected chi connectivity index (χ2v) is 3.43. The van der Waals surface area contributed by atoms with Gasteiger partial charge in [-0.15, -0.1) is 12.3 Å². The predicted molar refractivity (Wildman–Crippen MR) is 55.4 cm³/mol. The molecule has 0 aliphatic carbocycles. The number of rotatable bonds is 4. The van der Waals surface area contributed by atoms with Crippen molar-refractivity contribution < 1.29 is 0 Å². The van der Waals surface area contributed by atoms with Crippen LogP contribution in [0, 0.1) is 12.3 Å². The normalized spacial score (nSPS) is 20.0. The molecule has 0 aromatic carbocycles. The molecule has 1 saturated heterocycles. The van der Waals surface area contributed by atoms with Gasteiger partial charge >= 0.3 is 0 Å². The Morgan fingerprint density at radius 2 is 1.62 bits per heavy atom. The van der Waals surface area contributed by atoms with Crippen LogP contribution in [0.3, 0.4) is 0 Å². The van der Waals surface area contributed by atoms with Gasteiger partial charge in [-0.05, 0) is 0 Å². The number of hydrogen-bond donors (Lipinski definition) is 1. The highest BCUT2D eigenvalue weighted by molar-refractivity contribution is 4.85. The third-order valence-corrected chi connectivity index (χ3v) is 2.48. The van der Waals surface area contributed by atoms with Crippen molar-refractivity contribution in [2.24, 2.45) is 5.73 Å². The molecule has 1 heterocycles. The molecule has 1 rings (SSSR count). The van der Waals surface area contributed by atoms with Crippen LogP contribution in [-0.4, -0.2) is 55.6 Å². The highest BCUT2D eigenvalue weighted by Crippen LogP contribution is 2.00. The Morgan fingerprint density at radius 1 is 1.08 bits per heavy atom. The molecule has 2 N–H and O–H groups in total. The molecular formula is C10H19N3. The van der Waals surface area contributed by atoms with Crippen LogP contribution in [0.15, 0.2) is 0 Å². The zero-order valence-corrected chi connectivity index (χ0v) is 8.21. The van der Waals surface area contributed by atoms with Crippen molar-refractivity contribution in [3.63, 3.8) is 0 Å². The standard InChI is InChI=1S/C10H19N3/c1-2-3-5-12-7-9-13(6-4-11)10-8-12/h1H,3-11H2. The fraction of sp³-hybridized carbons (Fsp3) is 0.800. The third-order valence-electron chi connectivity index (χ3n) is 2.48. The second-order valence-electron chi connectivity index (χ2n) is 3.43. The Balaban J connectivity index is 2.12. The largest absolute Gasteiger partial charge is 0.329 e. The van der Waals surface area contributed by atoms with Crippen molar-refractivity contribution in [3.05, 3.63) is 0 Å². The lowest BCUT2D eigenvalue weighted by atomic mass is 10.3. The van der Waals surface area contributed by atoms with Gasteiger partial charge in [0.2, 0.25) is 0 Å². The van der Waals surface area contributed by atoms with Crippen LogP contribution in [0.5, 0.6) is 0 Å².